The van der Waals surface area contributed by atoms with Gasteiger partial charge in [-0.05, 0) is 36.6 Å². The molecule has 1 aromatic carbocycles. The Bertz CT molecular complexity index is 743. The largest absolute Gasteiger partial charge is 0.508 e. The molecule has 7 heteroatoms. The maximum Gasteiger partial charge on any atom is 0.278 e. The van der Waals surface area contributed by atoms with E-state index in [1.165, 1.54) is 10.7 Å². The van der Waals surface area contributed by atoms with Gasteiger partial charge in [0.15, 0.2) is 0 Å². The molecule has 2 rings (SSSR count). The van der Waals surface area contributed by atoms with Gasteiger partial charge in [0.05, 0.1) is 12.2 Å². The molecule has 0 saturated carbocycles. The van der Waals surface area contributed by atoms with E-state index in [2.05, 4.69) is 18.0 Å². The fourth-order valence-electron chi connectivity index (χ4n) is 2.26. The summed E-state index contributed by atoms with van der Waals surface area (Å²) in [4.78, 5) is 12.5. The van der Waals surface area contributed by atoms with Crippen LogP contribution >= 0.6 is 12.9 Å². The number of phenolic OH excluding ortho intramolecular Hbond substituents is 1. The molecule has 1 N–H and O–H groups in total. The summed E-state index contributed by atoms with van der Waals surface area (Å²) in [6.07, 6.45) is 0.644. The number of hydrogen-bond donors (Lipinski definition) is 2. The Kier molecular flexibility index (Phi) is 4.97. The first-order valence-corrected chi connectivity index (χ1v) is 7.27. The van der Waals surface area contributed by atoms with Gasteiger partial charge in [0, 0.05) is 20.0 Å². The van der Waals surface area contributed by atoms with E-state index in [0.717, 1.165) is 5.56 Å². The molecule has 2 aromatic rings. The van der Waals surface area contributed by atoms with Crippen LogP contribution in [0, 0.1) is 0 Å². The number of ether oxygens (including phenoxy) is 1. The first-order chi connectivity index (χ1) is 10.5. The van der Waals surface area contributed by atoms with E-state index in [4.69, 9.17) is 8.92 Å². The quantitative estimate of drug-likeness (QED) is 0.653. The van der Waals surface area contributed by atoms with Crippen LogP contribution in [0.1, 0.15) is 19.4 Å². The van der Waals surface area contributed by atoms with Crippen molar-refractivity contribution in [3.8, 4) is 28.5 Å². The SMILES string of the molecule is CCOc1nn(C)c(=O)c(-c2ccc(O)cc2CC)c1OS. The second-order valence-electron chi connectivity index (χ2n) is 4.66. The van der Waals surface area contributed by atoms with Gasteiger partial charge in [-0.25, -0.2) is 4.68 Å². The first-order valence-electron chi connectivity index (χ1n) is 6.91. The molecule has 0 aliphatic heterocycles. The summed E-state index contributed by atoms with van der Waals surface area (Å²) in [6, 6.07) is 4.83. The zero-order chi connectivity index (χ0) is 16.3. The highest BCUT2D eigenvalue weighted by Crippen LogP contribution is 2.37. The van der Waals surface area contributed by atoms with Gasteiger partial charge in [-0.1, -0.05) is 13.0 Å². The molecule has 0 fully saturated rings. The molecule has 1 aromatic heterocycles. The van der Waals surface area contributed by atoms with E-state index in [1.54, 1.807) is 19.2 Å². The summed E-state index contributed by atoms with van der Waals surface area (Å²) in [7, 11) is 1.54. The number of hydrogen-bond acceptors (Lipinski definition) is 6. The molecule has 0 amide bonds. The molecule has 0 atom stereocenters. The van der Waals surface area contributed by atoms with E-state index < -0.39 is 0 Å². The highest BCUT2D eigenvalue weighted by atomic mass is 32.1. The predicted octanol–water partition coefficient (Wildman–Crippen LogP) is 2.34. The van der Waals surface area contributed by atoms with Crippen molar-refractivity contribution >= 4 is 12.9 Å². The van der Waals surface area contributed by atoms with Crippen molar-refractivity contribution < 1.29 is 14.0 Å². The molecule has 0 bridgehead atoms. The third-order valence-electron chi connectivity index (χ3n) is 3.28. The van der Waals surface area contributed by atoms with Crippen molar-refractivity contribution in [3.63, 3.8) is 0 Å². The van der Waals surface area contributed by atoms with Crippen molar-refractivity contribution in [2.45, 2.75) is 20.3 Å². The van der Waals surface area contributed by atoms with Crippen LogP contribution < -0.4 is 14.5 Å². The average Bonchev–Trinajstić information content (AvgIpc) is 2.51. The van der Waals surface area contributed by atoms with Crippen molar-refractivity contribution in [2.24, 2.45) is 7.05 Å². The average molecular weight is 322 g/mol. The van der Waals surface area contributed by atoms with Crippen molar-refractivity contribution in [3.05, 3.63) is 34.1 Å². The van der Waals surface area contributed by atoms with Crippen LogP contribution in [0.3, 0.4) is 0 Å². The molecule has 22 heavy (non-hydrogen) atoms. The molecular weight excluding hydrogens is 304 g/mol. The number of aromatic nitrogens is 2. The fourth-order valence-corrected chi connectivity index (χ4v) is 2.43. The van der Waals surface area contributed by atoms with Crippen LogP contribution in [0.2, 0.25) is 0 Å². The fraction of sp³-hybridized carbons (Fsp3) is 0.333. The number of benzene rings is 1. The van der Waals surface area contributed by atoms with Crippen LogP contribution in [0.15, 0.2) is 23.0 Å². The zero-order valence-corrected chi connectivity index (χ0v) is 13.6. The Morgan fingerprint density at radius 2 is 2.09 bits per heavy atom. The van der Waals surface area contributed by atoms with Crippen LogP contribution in [0.5, 0.6) is 17.4 Å². The maximum absolute atomic E-state index is 12.5. The number of aryl methyl sites for hydroxylation is 2. The Hall–Kier alpha value is -2.15. The summed E-state index contributed by atoms with van der Waals surface area (Å²) in [6.45, 7) is 4.13. The lowest BCUT2D eigenvalue weighted by Crippen LogP contribution is -2.23. The number of nitrogens with zero attached hydrogens (tertiary/aromatic N) is 2. The Balaban J connectivity index is 2.82. The first kappa shape index (κ1) is 16.2. The highest BCUT2D eigenvalue weighted by molar-refractivity contribution is 7.75. The Morgan fingerprint density at radius 1 is 1.36 bits per heavy atom. The summed E-state index contributed by atoms with van der Waals surface area (Å²) in [5.41, 5.74) is 1.46. The van der Waals surface area contributed by atoms with E-state index in [1.807, 2.05) is 13.8 Å². The Labute approximate surface area is 133 Å². The lowest BCUT2D eigenvalue weighted by molar-refractivity contribution is 0.307. The lowest BCUT2D eigenvalue weighted by Gasteiger charge is -2.15. The minimum absolute atomic E-state index is 0.143. The van der Waals surface area contributed by atoms with Crippen LogP contribution in [0.25, 0.3) is 11.1 Å². The van der Waals surface area contributed by atoms with Crippen LogP contribution in [0.4, 0.5) is 0 Å². The highest BCUT2D eigenvalue weighted by Gasteiger charge is 2.22. The van der Waals surface area contributed by atoms with Gasteiger partial charge in [-0.3, -0.25) is 4.79 Å². The minimum atomic E-state index is -0.326. The van der Waals surface area contributed by atoms with E-state index in [9.17, 15) is 9.90 Å². The number of thiol groups is 1. The summed E-state index contributed by atoms with van der Waals surface area (Å²) in [5, 5.41) is 13.7. The monoisotopic (exact) mass is 322 g/mol. The van der Waals surface area contributed by atoms with Gasteiger partial charge in [0.25, 0.3) is 11.4 Å². The van der Waals surface area contributed by atoms with Gasteiger partial charge in [0.2, 0.25) is 5.75 Å². The summed E-state index contributed by atoms with van der Waals surface area (Å²) < 4.78 is 11.7. The summed E-state index contributed by atoms with van der Waals surface area (Å²) in [5.74, 6) is 0.517. The molecule has 0 radical (unpaired) electrons. The normalized spacial score (nSPS) is 10.5. The van der Waals surface area contributed by atoms with Crippen molar-refractivity contribution in [2.75, 3.05) is 6.61 Å². The third-order valence-corrected chi connectivity index (χ3v) is 3.46. The van der Waals surface area contributed by atoms with Gasteiger partial charge in [-0.2, -0.15) is 0 Å². The number of phenols is 1. The standard InChI is InChI=1S/C15H18N2O4S/c1-4-9-8-10(18)6-7-11(9)12-13(21-22)14(20-5-2)16-17(3)15(12)19/h6-8,18,22H,4-5H2,1-3H3. The van der Waals surface area contributed by atoms with Gasteiger partial charge < -0.3 is 14.0 Å². The molecule has 0 aliphatic rings. The van der Waals surface area contributed by atoms with E-state index in [-0.39, 0.29) is 22.9 Å². The Morgan fingerprint density at radius 3 is 2.68 bits per heavy atom. The van der Waals surface area contributed by atoms with Crippen LogP contribution in [-0.4, -0.2) is 21.5 Å². The molecule has 0 aliphatic carbocycles. The van der Waals surface area contributed by atoms with E-state index >= 15 is 0 Å². The third kappa shape index (κ3) is 2.89. The van der Waals surface area contributed by atoms with Crippen molar-refractivity contribution in [1.29, 1.82) is 0 Å². The second kappa shape index (κ2) is 6.74. The molecule has 0 spiro atoms. The van der Waals surface area contributed by atoms with Gasteiger partial charge in [-0.15, -0.1) is 5.10 Å². The molecule has 0 unspecified atom stereocenters. The second-order valence-corrected chi connectivity index (χ2v) is 4.84. The molecule has 0 saturated heterocycles. The molecular formula is C15H18N2O4S. The molecule has 118 valence electrons. The maximum atomic E-state index is 12.5. The minimum Gasteiger partial charge on any atom is -0.508 e. The summed E-state index contributed by atoms with van der Waals surface area (Å²) >= 11 is 3.84. The van der Waals surface area contributed by atoms with Gasteiger partial charge >= 0.3 is 0 Å². The predicted molar refractivity (Wildman–Crippen MR) is 86.7 cm³/mol. The zero-order valence-electron chi connectivity index (χ0n) is 12.7. The lowest BCUT2D eigenvalue weighted by atomic mass is 9.98. The molecule has 6 nitrogen and oxygen atoms in total. The number of rotatable bonds is 5. The van der Waals surface area contributed by atoms with E-state index in [0.29, 0.717) is 24.2 Å². The smallest absolute Gasteiger partial charge is 0.278 e. The van der Waals surface area contributed by atoms with Crippen LogP contribution in [-0.2, 0) is 13.5 Å². The number of aromatic hydroxyl groups is 1. The van der Waals surface area contributed by atoms with Gasteiger partial charge in [0.1, 0.15) is 5.75 Å². The van der Waals surface area contributed by atoms with Crippen molar-refractivity contribution in [1.82, 2.24) is 9.78 Å². The topological polar surface area (TPSA) is 73.6 Å². The molecule has 1 heterocycles.